The van der Waals surface area contributed by atoms with Gasteiger partial charge in [-0.25, -0.2) is 4.98 Å². The number of allylic oxidation sites excluding steroid dienone is 1. The van der Waals surface area contributed by atoms with Gasteiger partial charge in [-0.1, -0.05) is 24.3 Å². The third-order valence-corrected chi connectivity index (χ3v) is 6.39. The highest BCUT2D eigenvalue weighted by molar-refractivity contribution is 5.92. The standard InChI is InChI=1S/C29H34N4O5/c34-27(35)8-3-1-2-7-25(24-6-4-13-30-20-24)22-9-11-23(12-10-22)29-32-26(21-38-29)28(36)31-14-5-15-33-16-18-37-19-17-33/h4,6-7,9-13,20-21H,1-3,5,8,14-19H2,(H,31,36)(H,34,35). The van der Waals surface area contributed by atoms with E-state index in [4.69, 9.17) is 14.3 Å². The van der Waals surface area contributed by atoms with E-state index < -0.39 is 5.97 Å². The number of carboxylic acids is 1. The Labute approximate surface area is 222 Å². The molecule has 1 aromatic carbocycles. The van der Waals surface area contributed by atoms with Crippen LogP contribution in [-0.4, -0.2) is 71.2 Å². The molecule has 2 aromatic heterocycles. The van der Waals surface area contributed by atoms with Crippen LogP contribution in [0, 0.1) is 0 Å². The van der Waals surface area contributed by atoms with Crippen molar-refractivity contribution >= 4 is 17.4 Å². The van der Waals surface area contributed by atoms with E-state index in [0.717, 1.165) is 74.4 Å². The number of unbranched alkanes of at least 4 members (excludes halogenated alkanes) is 2. The quantitative estimate of drug-likeness (QED) is 0.322. The molecule has 0 unspecified atom stereocenters. The van der Waals surface area contributed by atoms with E-state index in [2.05, 4.69) is 26.3 Å². The number of hydrogen-bond acceptors (Lipinski definition) is 7. The zero-order valence-electron chi connectivity index (χ0n) is 21.5. The van der Waals surface area contributed by atoms with Crippen molar-refractivity contribution in [3.8, 4) is 11.5 Å². The minimum atomic E-state index is -0.770. The number of rotatable bonds is 13. The van der Waals surface area contributed by atoms with Crippen LogP contribution < -0.4 is 5.32 Å². The SMILES string of the molecule is O=C(O)CCCCC=C(c1ccc(-c2nc(C(=O)NCCCN3CCOCC3)co2)cc1)c1cccnc1. The van der Waals surface area contributed by atoms with Crippen LogP contribution in [0.3, 0.4) is 0 Å². The van der Waals surface area contributed by atoms with E-state index in [0.29, 0.717) is 18.9 Å². The summed E-state index contributed by atoms with van der Waals surface area (Å²) in [5, 5.41) is 11.8. The normalized spacial score (nSPS) is 14.4. The number of hydrogen-bond donors (Lipinski definition) is 2. The molecule has 3 aromatic rings. The van der Waals surface area contributed by atoms with Crippen LogP contribution in [0.2, 0.25) is 0 Å². The van der Waals surface area contributed by atoms with E-state index in [-0.39, 0.29) is 18.0 Å². The molecule has 1 aliphatic heterocycles. The lowest BCUT2D eigenvalue weighted by molar-refractivity contribution is -0.137. The first-order valence-corrected chi connectivity index (χ1v) is 13.1. The Bertz CT molecular complexity index is 1200. The highest BCUT2D eigenvalue weighted by Crippen LogP contribution is 2.27. The van der Waals surface area contributed by atoms with Crippen LogP contribution in [0.25, 0.3) is 17.0 Å². The van der Waals surface area contributed by atoms with Gasteiger partial charge in [0.1, 0.15) is 6.26 Å². The largest absolute Gasteiger partial charge is 0.481 e. The van der Waals surface area contributed by atoms with Gasteiger partial charge in [-0.2, -0.15) is 0 Å². The molecular weight excluding hydrogens is 484 g/mol. The van der Waals surface area contributed by atoms with E-state index >= 15 is 0 Å². The molecule has 0 saturated carbocycles. The molecule has 200 valence electrons. The average Bonchev–Trinajstić information content (AvgIpc) is 3.45. The summed E-state index contributed by atoms with van der Waals surface area (Å²) in [6, 6.07) is 11.7. The van der Waals surface area contributed by atoms with Crippen molar-refractivity contribution in [1.29, 1.82) is 0 Å². The molecule has 1 fully saturated rings. The molecule has 2 N–H and O–H groups in total. The highest BCUT2D eigenvalue weighted by Gasteiger charge is 2.15. The van der Waals surface area contributed by atoms with Gasteiger partial charge in [-0.3, -0.25) is 19.5 Å². The molecule has 1 saturated heterocycles. The second kappa shape index (κ2) is 14.2. The van der Waals surface area contributed by atoms with E-state index in [9.17, 15) is 9.59 Å². The molecule has 9 nitrogen and oxygen atoms in total. The molecule has 38 heavy (non-hydrogen) atoms. The van der Waals surface area contributed by atoms with Crippen LogP contribution in [0.1, 0.15) is 53.7 Å². The summed E-state index contributed by atoms with van der Waals surface area (Å²) in [7, 11) is 0. The number of carbonyl (C=O) groups excluding carboxylic acids is 1. The van der Waals surface area contributed by atoms with Crippen molar-refractivity contribution < 1.29 is 23.8 Å². The van der Waals surface area contributed by atoms with Crippen molar-refractivity contribution in [2.24, 2.45) is 0 Å². The third kappa shape index (κ3) is 8.09. The van der Waals surface area contributed by atoms with Gasteiger partial charge in [0, 0.05) is 49.6 Å². The Hall–Kier alpha value is -3.82. The van der Waals surface area contributed by atoms with Gasteiger partial charge in [-0.05, 0) is 61.6 Å². The van der Waals surface area contributed by atoms with Crippen molar-refractivity contribution in [3.63, 3.8) is 0 Å². The first-order chi connectivity index (χ1) is 18.6. The number of aliphatic carboxylic acids is 1. The second-order valence-electron chi connectivity index (χ2n) is 9.18. The van der Waals surface area contributed by atoms with Crippen molar-refractivity contribution in [2.75, 3.05) is 39.4 Å². The number of aromatic nitrogens is 2. The van der Waals surface area contributed by atoms with Gasteiger partial charge >= 0.3 is 5.97 Å². The molecule has 0 atom stereocenters. The van der Waals surface area contributed by atoms with E-state index in [1.165, 1.54) is 6.26 Å². The smallest absolute Gasteiger partial charge is 0.303 e. The molecular formula is C29H34N4O5. The van der Waals surface area contributed by atoms with Gasteiger partial charge in [0.2, 0.25) is 5.89 Å². The van der Waals surface area contributed by atoms with Gasteiger partial charge in [-0.15, -0.1) is 0 Å². The van der Waals surface area contributed by atoms with Crippen LogP contribution in [0.15, 0.2) is 65.5 Å². The number of nitrogens with one attached hydrogen (secondary N) is 1. The lowest BCUT2D eigenvalue weighted by Gasteiger charge is -2.26. The number of oxazole rings is 1. The Morgan fingerprint density at radius 3 is 2.61 bits per heavy atom. The molecule has 9 heteroatoms. The summed E-state index contributed by atoms with van der Waals surface area (Å²) in [4.78, 5) is 34.3. The van der Waals surface area contributed by atoms with Gasteiger partial charge < -0.3 is 19.6 Å². The van der Waals surface area contributed by atoms with Crippen LogP contribution in [0.4, 0.5) is 0 Å². The summed E-state index contributed by atoms with van der Waals surface area (Å²) in [6.07, 6.45) is 10.3. The van der Waals surface area contributed by atoms with Crippen LogP contribution >= 0.6 is 0 Å². The summed E-state index contributed by atoms with van der Waals surface area (Å²) in [6.45, 7) is 4.91. The topological polar surface area (TPSA) is 118 Å². The Kier molecular flexibility index (Phi) is 10.2. The first-order valence-electron chi connectivity index (χ1n) is 13.1. The fraction of sp³-hybridized carbons (Fsp3) is 0.379. The molecule has 1 aliphatic rings. The third-order valence-electron chi connectivity index (χ3n) is 6.39. The number of amides is 1. The average molecular weight is 519 g/mol. The zero-order valence-corrected chi connectivity index (χ0v) is 21.5. The fourth-order valence-electron chi connectivity index (χ4n) is 4.31. The minimum Gasteiger partial charge on any atom is -0.481 e. The van der Waals surface area contributed by atoms with Crippen LogP contribution in [-0.2, 0) is 9.53 Å². The predicted molar refractivity (Wildman–Crippen MR) is 144 cm³/mol. The monoisotopic (exact) mass is 518 g/mol. The molecule has 1 amide bonds. The van der Waals surface area contributed by atoms with Gasteiger partial charge in [0.25, 0.3) is 5.91 Å². The number of nitrogens with zero attached hydrogens (tertiary/aromatic N) is 3. The summed E-state index contributed by atoms with van der Waals surface area (Å²) >= 11 is 0. The van der Waals surface area contributed by atoms with E-state index in [1.54, 1.807) is 6.20 Å². The molecule has 4 rings (SSSR count). The summed E-state index contributed by atoms with van der Waals surface area (Å²) < 4.78 is 11.0. The minimum absolute atomic E-state index is 0.176. The molecule has 0 spiro atoms. The summed E-state index contributed by atoms with van der Waals surface area (Å²) in [5.41, 5.74) is 4.05. The Morgan fingerprint density at radius 2 is 1.87 bits per heavy atom. The number of pyridine rings is 1. The summed E-state index contributed by atoms with van der Waals surface area (Å²) in [5.74, 6) is -0.633. The Morgan fingerprint density at radius 1 is 1.05 bits per heavy atom. The predicted octanol–water partition coefficient (Wildman–Crippen LogP) is 4.27. The lowest BCUT2D eigenvalue weighted by atomic mass is 9.96. The molecule has 3 heterocycles. The highest BCUT2D eigenvalue weighted by atomic mass is 16.5. The number of morpholine rings is 1. The molecule has 0 radical (unpaired) electrons. The maximum atomic E-state index is 12.5. The Balaban J connectivity index is 1.35. The van der Waals surface area contributed by atoms with Gasteiger partial charge in [0.15, 0.2) is 5.69 Å². The second-order valence-corrected chi connectivity index (χ2v) is 9.18. The maximum Gasteiger partial charge on any atom is 0.303 e. The zero-order chi connectivity index (χ0) is 26.6. The van der Waals surface area contributed by atoms with Crippen LogP contribution in [0.5, 0.6) is 0 Å². The van der Waals surface area contributed by atoms with Gasteiger partial charge in [0.05, 0.1) is 13.2 Å². The fourth-order valence-corrected chi connectivity index (χ4v) is 4.31. The number of carboxylic acid groups (broad SMARTS) is 1. The number of benzene rings is 1. The molecule has 0 bridgehead atoms. The number of carbonyl (C=O) groups is 2. The van der Waals surface area contributed by atoms with Crippen molar-refractivity contribution in [1.82, 2.24) is 20.2 Å². The van der Waals surface area contributed by atoms with Crippen molar-refractivity contribution in [3.05, 3.63) is 78.0 Å². The number of ether oxygens (including phenoxy) is 1. The van der Waals surface area contributed by atoms with Crippen molar-refractivity contribution in [2.45, 2.75) is 32.1 Å². The lowest BCUT2D eigenvalue weighted by Crippen LogP contribution is -2.38. The maximum absolute atomic E-state index is 12.5. The van der Waals surface area contributed by atoms with E-state index in [1.807, 2.05) is 42.6 Å². The molecule has 0 aliphatic carbocycles. The first kappa shape index (κ1) is 27.2.